The summed E-state index contributed by atoms with van der Waals surface area (Å²) in [5.41, 5.74) is -1.25. The number of hydrogen-bond donors (Lipinski definition) is 3. The van der Waals surface area contributed by atoms with E-state index in [2.05, 4.69) is 5.32 Å². The highest BCUT2D eigenvalue weighted by Gasteiger charge is 2.30. The lowest BCUT2D eigenvalue weighted by molar-refractivity contribution is -0.142. The number of ether oxygens (including phenoxy) is 1. The Balaban J connectivity index is 3.04. The number of hydrogen-bond acceptors (Lipinski definition) is 4. The molecule has 1 amide bonds. The molecule has 0 atom stereocenters. The summed E-state index contributed by atoms with van der Waals surface area (Å²) >= 11 is 0. The Bertz CT molecular complexity index is 558. The van der Waals surface area contributed by atoms with Gasteiger partial charge < -0.3 is 14.9 Å². The summed E-state index contributed by atoms with van der Waals surface area (Å²) in [4.78, 5) is 23.0. The third-order valence-electron chi connectivity index (χ3n) is 2.89. The third kappa shape index (κ3) is 4.37. The summed E-state index contributed by atoms with van der Waals surface area (Å²) in [7, 11) is 0. The molecule has 0 spiro atoms. The predicted octanol–water partition coefficient (Wildman–Crippen LogP) is 3.10. The van der Waals surface area contributed by atoms with Gasteiger partial charge >= 0.3 is 12.1 Å². The second-order valence-corrected chi connectivity index (χ2v) is 6.29. The van der Waals surface area contributed by atoms with Gasteiger partial charge in [0, 0.05) is 0 Å². The van der Waals surface area contributed by atoms with Crippen LogP contribution in [-0.4, -0.2) is 27.9 Å². The normalized spacial score (nSPS) is 11.9. The van der Waals surface area contributed by atoms with Gasteiger partial charge in [-0.15, -0.1) is 0 Å². The fourth-order valence-electron chi connectivity index (χ4n) is 1.56. The number of phenols is 1. The van der Waals surface area contributed by atoms with Crippen LogP contribution in [0.15, 0.2) is 18.2 Å². The minimum atomic E-state index is -1.14. The fraction of sp³-hybridized carbons (Fsp3) is 0.467. The zero-order valence-corrected chi connectivity index (χ0v) is 12.9. The molecule has 0 aliphatic carbocycles. The van der Waals surface area contributed by atoms with Crippen molar-refractivity contribution < 1.29 is 24.5 Å². The standard InChI is InChI=1S/C15H21NO5/c1-14(2,3)21-13(20)16-10-8-9(6-7-11(10)17)15(4,5)12(18)19/h6-8,17H,1-5H3,(H,16,20)(H,18,19). The molecule has 0 fully saturated rings. The number of amides is 1. The number of aromatic hydroxyl groups is 1. The quantitative estimate of drug-likeness (QED) is 0.745. The first kappa shape index (κ1) is 16.8. The van der Waals surface area contributed by atoms with Gasteiger partial charge in [-0.25, -0.2) is 4.79 Å². The van der Waals surface area contributed by atoms with E-state index >= 15 is 0 Å². The Morgan fingerprint density at radius 2 is 1.71 bits per heavy atom. The number of rotatable bonds is 3. The third-order valence-corrected chi connectivity index (χ3v) is 2.89. The first-order valence-electron chi connectivity index (χ1n) is 6.50. The van der Waals surface area contributed by atoms with Gasteiger partial charge in [-0.2, -0.15) is 0 Å². The number of aliphatic carboxylic acids is 1. The van der Waals surface area contributed by atoms with Crippen LogP contribution in [0.3, 0.4) is 0 Å². The van der Waals surface area contributed by atoms with Crippen molar-refractivity contribution >= 4 is 17.7 Å². The van der Waals surface area contributed by atoms with Crippen molar-refractivity contribution in [1.82, 2.24) is 0 Å². The molecule has 116 valence electrons. The van der Waals surface area contributed by atoms with Crippen LogP contribution in [0.25, 0.3) is 0 Å². The van der Waals surface area contributed by atoms with Gasteiger partial charge in [0.25, 0.3) is 0 Å². The second kappa shape index (κ2) is 5.63. The molecular weight excluding hydrogens is 274 g/mol. The minimum Gasteiger partial charge on any atom is -0.506 e. The van der Waals surface area contributed by atoms with E-state index in [9.17, 15) is 19.8 Å². The molecule has 0 aliphatic heterocycles. The molecule has 6 heteroatoms. The summed E-state index contributed by atoms with van der Waals surface area (Å²) in [6.45, 7) is 8.24. The Morgan fingerprint density at radius 1 is 1.14 bits per heavy atom. The molecule has 1 rings (SSSR count). The van der Waals surface area contributed by atoms with Crippen molar-refractivity contribution in [2.45, 2.75) is 45.6 Å². The predicted molar refractivity (Wildman–Crippen MR) is 78.6 cm³/mol. The van der Waals surface area contributed by atoms with E-state index in [0.29, 0.717) is 5.56 Å². The average Bonchev–Trinajstić information content (AvgIpc) is 2.29. The molecule has 0 unspecified atom stereocenters. The molecule has 1 aromatic rings. The van der Waals surface area contributed by atoms with Crippen LogP contribution < -0.4 is 5.32 Å². The van der Waals surface area contributed by atoms with Crippen molar-refractivity contribution in [2.24, 2.45) is 0 Å². The maximum Gasteiger partial charge on any atom is 0.412 e. The van der Waals surface area contributed by atoms with E-state index in [0.717, 1.165) is 0 Å². The van der Waals surface area contributed by atoms with Crippen LogP contribution in [-0.2, 0) is 14.9 Å². The lowest BCUT2D eigenvalue weighted by Crippen LogP contribution is -2.29. The first-order chi connectivity index (χ1) is 9.43. The zero-order chi connectivity index (χ0) is 16.4. The molecule has 0 bridgehead atoms. The smallest absolute Gasteiger partial charge is 0.412 e. The number of carboxylic acid groups (broad SMARTS) is 1. The van der Waals surface area contributed by atoms with Crippen molar-refractivity contribution in [3.8, 4) is 5.75 Å². The van der Waals surface area contributed by atoms with Gasteiger partial charge in [0.05, 0.1) is 11.1 Å². The summed E-state index contributed by atoms with van der Waals surface area (Å²) < 4.78 is 5.09. The van der Waals surface area contributed by atoms with E-state index in [1.165, 1.54) is 18.2 Å². The van der Waals surface area contributed by atoms with Crippen molar-refractivity contribution in [3.63, 3.8) is 0 Å². The molecule has 0 radical (unpaired) electrons. The number of nitrogens with one attached hydrogen (secondary N) is 1. The Hall–Kier alpha value is -2.24. The lowest BCUT2D eigenvalue weighted by atomic mass is 9.84. The van der Waals surface area contributed by atoms with Gasteiger partial charge in [0.15, 0.2) is 0 Å². The molecule has 0 aliphatic rings. The van der Waals surface area contributed by atoms with E-state index in [1.807, 2.05) is 0 Å². The molecular formula is C15H21NO5. The number of anilines is 1. The van der Waals surface area contributed by atoms with Gasteiger partial charge in [-0.05, 0) is 52.3 Å². The largest absolute Gasteiger partial charge is 0.506 e. The topological polar surface area (TPSA) is 95.9 Å². The van der Waals surface area contributed by atoms with E-state index in [4.69, 9.17) is 4.74 Å². The number of phenolic OH excluding ortho intramolecular Hbond substituents is 1. The molecule has 0 heterocycles. The van der Waals surface area contributed by atoms with Crippen molar-refractivity contribution in [3.05, 3.63) is 23.8 Å². The van der Waals surface area contributed by atoms with E-state index in [-0.39, 0.29) is 11.4 Å². The highest BCUT2D eigenvalue weighted by atomic mass is 16.6. The van der Waals surface area contributed by atoms with Gasteiger partial charge in [-0.3, -0.25) is 10.1 Å². The van der Waals surface area contributed by atoms with Crippen LogP contribution in [0, 0.1) is 0 Å². The van der Waals surface area contributed by atoms with Crippen LogP contribution in [0.5, 0.6) is 5.75 Å². The van der Waals surface area contributed by atoms with Crippen LogP contribution in [0.2, 0.25) is 0 Å². The van der Waals surface area contributed by atoms with Crippen molar-refractivity contribution in [1.29, 1.82) is 0 Å². The highest BCUT2D eigenvalue weighted by Crippen LogP contribution is 2.31. The highest BCUT2D eigenvalue weighted by molar-refractivity contribution is 5.88. The second-order valence-electron chi connectivity index (χ2n) is 6.29. The van der Waals surface area contributed by atoms with Gasteiger partial charge in [0.1, 0.15) is 11.4 Å². The fourth-order valence-corrected chi connectivity index (χ4v) is 1.56. The lowest BCUT2D eigenvalue weighted by Gasteiger charge is -2.22. The maximum atomic E-state index is 11.7. The average molecular weight is 295 g/mol. The Morgan fingerprint density at radius 3 is 2.19 bits per heavy atom. The van der Waals surface area contributed by atoms with Crippen LogP contribution >= 0.6 is 0 Å². The Kier molecular flexibility index (Phi) is 4.51. The molecule has 6 nitrogen and oxygen atoms in total. The molecule has 0 saturated heterocycles. The zero-order valence-electron chi connectivity index (χ0n) is 12.9. The molecule has 21 heavy (non-hydrogen) atoms. The first-order valence-corrected chi connectivity index (χ1v) is 6.50. The van der Waals surface area contributed by atoms with E-state index in [1.54, 1.807) is 34.6 Å². The number of benzene rings is 1. The number of carbonyl (C=O) groups excluding carboxylic acids is 1. The van der Waals surface area contributed by atoms with Crippen LogP contribution in [0.1, 0.15) is 40.2 Å². The van der Waals surface area contributed by atoms with Gasteiger partial charge in [-0.1, -0.05) is 6.07 Å². The number of carboxylic acids is 1. The molecule has 3 N–H and O–H groups in total. The molecule has 0 saturated carbocycles. The Labute approximate surface area is 123 Å². The maximum absolute atomic E-state index is 11.7. The SMILES string of the molecule is CC(C)(C)OC(=O)Nc1cc(C(C)(C)C(=O)O)ccc1O. The number of carbonyl (C=O) groups is 2. The summed E-state index contributed by atoms with van der Waals surface area (Å²) in [5, 5.41) is 21.4. The molecule has 0 aromatic heterocycles. The van der Waals surface area contributed by atoms with Gasteiger partial charge in [0.2, 0.25) is 0 Å². The van der Waals surface area contributed by atoms with Crippen LogP contribution in [0.4, 0.5) is 10.5 Å². The summed E-state index contributed by atoms with van der Waals surface area (Å²) in [6, 6.07) is 4.27. The molecule has 1 aromatic carbocycles. The van der Waals surface area contributed by atoms with Crippen molar-refractivity contribution in [2.75, 3.05) is 5.32 Å². The minimum absolute atomic E-state index is 0.107. The monoisotopic (exact) mass is 295 g/mol. The summed E-state index contributed by atoms with van der Waals surface area (Å²) in [6.07, 6.45) is -0.719. The summed E-state index contributed by atoms with van der Waals surface area (Å²) in [5.74, 6) is -1.16. The van der Waals surface area contributed by atoms with E-state index < -0.39 is 23.1 Å².